The summed E-state index contributed by atoms with van der Waals surface area (Å²) in [6.45, 7) is 3.94. The van der Waals surface area contributed by atoms with Gasteiger partial charge in [0.1, 0.15) is 5.60 Å². The molecule has 0 spiro atoms. The van der Waals surface area contributed by atoms with E-state index in [2.05, 4.69) is 9.97 Å². The summed E-state index contributed by atoms with van der Waals surface area (Å²) in [5.41, 5.74) is 7.59. The fourth-order valence-electron chi connectivity index (χ4n) is 2.61. The van der Waals surface area contributed by atoms with Crippen molar-refractivity contribution in [2.24, 2.45) is 5.73 Å². The van der Waals surface area contributed by atoms with Crippen LogP contribution in [0.4, 0.5) is 0 Å². The van der Waals surface area contributed by atoms with Crippen molar-refractivity contribution in [1.29, 1.82) is 0 Å². The van der Waals surface area contributed by atoms with Gasteiger partial charge >= 0.3 is 0 Å². The molecule has 1 aromatic rings. The quantitative estimate of drug-likeness (QED) is 0.872. The van der Waals surface area contributed by atoms with E-state index in [4.69, 9.17) is 10.5 Å². The number of nitrogens with zero attached hydrogens (tertiary/aromatic N) is 2. The van der Waals surface area contributed by atoms with Gasteiger partial charge in [0.05, 0.1) is 0 Å². The zero-order chi connectivity index (χ0) is 12.5. The van der Waals surface area contributed by atoms with Crippen LogP contribution in [-0.4, -0.2) is 17.1 Å². The Balaban J connectivity index is 2.36. The fourth-order valence-corrected chi connectivity index (χ4v) is 2.61. The van der Waals surface area contributed by atoms with Crippen LogP contribution < -0.4 is 5.73 Å². The number of rotatable bonds is 3. The standard InChI is InChI=1S/C13H21N3O/c1-9(14)11-8-15-12(16-10(11)2)13(17-3)6-4-5-7-13/h8-9H,4-7,14H2,1-3H3/t9-/m1/s1. The normalized spacial score (nSPS) is 20.5. The van der Waals surface area contributed by atoms with Gasteiger partial charge in [0, 0.05) is 30.6 Å². The third-order valence-electron chi connectivity index (χ3n) is 3.72. The Labute approximate surface area is 103 Å². The Morgan fingerprint density at radius 2 is 2.06 bits per heavy atom. The third-order valence-corrected chi connectivity index (χ3v) is 3.72. The molecule has 0 aromatic carbocycles. The number of hydrogen-bond acceptors (Lipinski definition) is 4. The van der Waals surface area contributed by atoms with E-state index in [1.54, 1.807) is 7.11 Å². The average molecular weight is 235 g/mol. The summed E-state index contributed by atoms with van der Waals surface area (Å²) >= 11 is 0. The number of nitrogens with two attached hydrogens (primary N) is 1. The second-order valence-corrected chi connectivity index (χ2v) is 4.93. The third kappa shape index (κ3) is 2.19. The summed E-state index contributed by atoms with van der Waals surface area (Å²) in [5.74, 6) is 0.819. The molecule has 2 rings (SSSR count). The number of aromatic nitrogens is 2. The van der Waals surface area contributed by atoms with Crippen LogP contribution in [0, 0.1) is 6.92 Å². The molecule has 4 nitrogen and oxygen atoms in total. The predicted octanol–water partition coefficient (Wildman–Crippen LogP) is 2.22. The number of ether oxygens (including phenoxy) is 1. The highest BCUT2D eigenvalue weighted by Crippen LogP contribution is 2.40. The minimum atomic E-state index is -0.263. The van der Waals surface area contributed by atoms with E-state index in [0.29, 0.717) is 0 Å². The van der Waals surface area contributed by atoms with Crippen LogP contribution in [0.3, 0.4) is 0 Å². The molecule has 1 aliphatic carbocycles. The number of methoxy groups -OCH3 is 1. The Bertz CT molecular complexity index is 398. The molecule has 1 heterocycles. The lowest BCUT2D eigenvalue weighted by molar-refractivity contribution is -0.0164. The summed E-state index contributed by atoms with van der Waals surface area (Å²) in [6.07, 6.45) is 6.25. The van der Waals surface area contributed by atoms with Gasteiger partial charge in [-0.15, -0.1) is 0 Å². The molecule has 1 saturated carbocycles. The molecule has 17 heavy (non-hydrogen) atoms. The van der Waals surface area contributed by atoms with Crippen molar-refractivity contribution < 1.29 is 4.74 Å². The maximum Gasteiger partial charge on any atom is 0.160 e. The van der Waals surface area contributed by atoms with Gasteiger partial charge in [-0.1, -0.05) is 0 Å². The van der Waals surface area contributed by atoms with Crippen LogP contribution in [0.25, 0.3) is 0 Å². The van der Waals surface area contributed by atoms with Crippen molar-refractivity contribution >= 4 is 0 Å². The summed E-state index contributed by atoms with van der Waals surface area (Å²) in [6, 6.07) is -0.0221. The molecule has 0 radical (unpaired) electrons. The van der Waals surface area contributed by atoms with E-state index >= 15 is 0 Å². The molecule has 0 amide bonds. The van der Waals surface area contributed by atoms with Gasteiger partial charge in [0.25, 0.3) is 0 Å². The molecule has 94 valence electrons. The number of aryl methyl sites for hydroxylation is 1. The SMILES string of the molecule is COC1(c2ncc([C@@H](C)N)c(C)n2)CCCC1. The smallest absolute Gasteiger partial charge is 0.160 e. The van der Waals surface area contributed by atoms with Crippen molar-refractivity contribution in [3.05, 3.63) is 23.3 Å². The Morgan fingerprint density at radius 3 is 2.53 bits per heavy atom. The molecule has 1 aromatic heterocycles. The van der Waals surface area contributed by atoms with E-state index in [9.17, 15) is 0 Å². The van der Waals surface area contributed by atoms with Crippen LogP contribution in [0.5, 0.6) is 0 Å². The van der Waals surface area contributed by atoms with Gasteiger partial charge in [-0.3, -0.25) is 0 Å². The van der Waals surface area contributed by atoms with Gasteiger partial charge in [-0.05, 0) is 39.5 Å². The molecule has 1 atom stereocenters. The van der Waals surface area contributed by atoms with Crippen molar-refractivity contribution in [3.63, 3.8) is 0 Å². The van der Waals surface area contributed by atoms with Crippen molar-refractivity contribution in [2.45, 2.75) is 51.2 Å². The fraction of sp³-hybridized carbons (Fsp3) is 0.692. The molecule has 0 saturated heterocycles. The minimum absolute atomic E-state index is 0.0221. The molecule has 1 aliphatic rings. The second-order valence-electron chi connectivity index (χ2n) is 4.93. The summed E-state index contributed by atoms with van der Waals surface area (Å²) < 4.78 is 5.68. The van der Waals surface area contributed by atoms with Crippen LogP contribution in [-0.2, 0) is 10.3 Å². The van der Waals surface area contributed by atoms with E-state index in [-0.39, 0.29) is 11.6 Å². The van der Waals surface area contributed by atoms with Crippen molar-refractivity contribution in [2.75, 3.05) is 7.11 Å². The lowest BCUT2D eigenvalue weighted by atomic mass is 10.00. The number of hydrogen-bond donors (Lipinski definition) is 1. The molecule has 0 unspecified atom stereocenters. The highest BCUT2D eigenvalue weighted by atomic mass is 16.5. The average Bonchev–Trinajstić information content (AvgIpc) is 2.78. The maximum absolute atomic E-state index is 5.87. The van der Waals surface area contributed by atoms with Gasteiger partial charge in [0.15, 0.2) is 5.82 Å². The summed E-state index contributed by atoms with van der Waals surface area (Å²) in [5, 5.41) is 0. The second kappa shape index (κ2) is 4.70. The van der Waals surface area contributed by atoms with Crippen LogP contribution >= 0.6 is 0 Å². The van der Waals surface area contributed by atoms with Crippen molar-refractivity contribution in [1.82, 2.24) is 9.97 Å². The first-order valence-corrected chi connectivity index (χ1v) is 6.24. The largest absolute Gasteiger partial charge is 0.370 e. The maximum atomic E-state index is 5.87. The van der Waals surface area contributed by atoms with Gasteiger partial charge < -0.3 is 10.5 Å². The van der Waals surface area contributed by atoms with E-state index in [1.165, 1.54) is 12.8 Å². The Hall–Kier alpha value is -1.00. The molecule has 0 aliphatic heterocycles. The van der Waals surface area contributed by atoms with E-state index in [1.807, 2.05) is 20.0 Å². The first kappa shape index (κ1) is 12.5. The highest BCUT2D eigenvalue weighted by molar-refractivity contribution is 5.21. The van der Waals surface area contributed by atoms with Crippen LogP contribution in [0.15, 0.2) is 6.20 Å². The molecular formula is C13H21N3O. The summed E-state index contributed by atoms with van der Waals surface area (Å²) in [7, 11) is 1.75. The predicted molar refractivity (Wildman–Crippen MR) is 66.5 cm³/mol. The Morgan fingerprint density at radius 1 is 1.41 bits per heavy atom. The molecule has 0 bridgehead atoms. The highest BCUT2D eigenvalue weighted by Gasteiger charge is 2.38. The van der Waals surface area contributed by atoms with Crippen molar-refractivity contribution in [3.8, 4) is 0 Å². The molecule has 4 heteroatoms. The molecule has 1 fully saturated rings. The zero-order valence-electron chi connectivity index (χ0n) is 10.9. The topological polar surface area (TPSA) is 61.0 Å². The first-order valence-electron chi connectivity index (χ1n) is 6.24. The van der Waals surface area contributed by atoms with E-state index < -0.39 is 0 Å². The minimum Gasteiger partial charge on any atom is -0.370 e. The molecular weight excluding hydrogens is 214 g/mol. The Kier molecular flexibility index (Phi) is 3.45. The van der Waals surface area contributed by atoms with Gasteiger partial charge in [0.2, 0.25) is 0 Å². The monoisotopic (exact) mass is 235 g/mol. The molecule has 2 N–H and O–H groups in total. The van der Waals surface area contributed by atoms with Crippen LogP contribution in [0.1, 0.15) is 55.7 Å². The lowest BCUT2D eigenvalue weighted by Gasteiger charge is -2.26. The summed E-state index contributed by atoms with van der Waals surface area (Å²) in [4.78, 5) is 9.07. The van der Waals surface area contributed by atoms with Gasteiger partial charge in [-0.25, -0.2) is 9.97 Å². The lowest BCUT2D eigenvalue weighted by Crippen LogP contribution is -2.28. The van der Waals surface area contributed by atoms with E-state index in [0.717, 1.165) is 29.9 Å². The zero-order valence-corrected chi connectivity index (χ0v) is 10.9. The van der Waals surface area contributed by atoms with Crippen LogP contribution in [0.2, 0.25) is 0 Å². The van der Waals surface area contributed by atoms with Gasteiger partial charge in [-0.2, -0.15) is 0 Å². The first-order chi connectivity index (χ1) is 8.09.